The number of rotatable bonds is 3. The lowest BCUT2D eigenvalue weighted by molar-refractivity contribution is -0.122. The van der Waals surface area contributed by atoms with Crippen LogP contribution in [0.5, 0.6) is 0 Å². The van der Waals surface area contributed by atoms with Crippen LogP contribution in [0.2, 0.25) is 0 Å². The molecule has 0 aliphatic carbocycles. The molecule has 2 amide bonds. The quantitative estimate of drug-likeness (QED) is 0.475. The number of carbonyl (C=O) groups excluding carboxylic acids is 2. The zero-order valence-corrected chi connectivity index (χ0v) is 18.4. The zero-order valence-electron chi connectivity index (χ0n) is 18.4. The van der Waals surface area contributed by atoms with Crippen molar-refractivity contribution in [3.05, 3.63) is 59.6 Å². The molecule has 2 aliphatic heterocycles. The van der Waals surface area contributed by atoms with Crippen LogP contribution < -0.4 is 15.5 Å². The van der Waals surface area contributed by atoms with Crippen LogP contribution in [-0.2, 0) is 22.6 Å². The fraction of sp³-hybridized carbons (Fsp3) is 0.240. The molecule has 3 aromatic heterocycles. The molecule has 0 atom stereocenters. The average molecular weight is 441 g/mol. The van der Waals surface area contributed by atoms with Gasteiger partial charge in [0.2, 0.25) is 0 Å². The van der Waals surface area contributed by atoms with Crippen molar-refractivity contribution in [2.24, 2.45) is 0 Å². The van der Waals surface area contributed by atoms with E-state index in [1.165, 1.54) is 5.56 Å². The number of hydrogen-bond donors (Lipinski definition) is 2. The van der Waals surface area contributed by atoms with E-state index in [0.717, 1.165) is 53.7 Å². The number of hydrogen-bond acceptors (Lipinski definition) is 6. The first kappa shape index (κ1) is 19.8. The number of furan rings is 1. The van der Waals surface area contributed by atoms with Crippen LogP contribution >= 0.6 is 0 Å². The molecular formula is C25H23N5O3. The zero-order chi connectivity index (χ0) is 22.7. The molecule has 0 saturated carbocycles. The SMILES string of the molecule is CN(C)c1ncc(C2=C(c3cn4c5c(cccc35)CCNCC4)C(=O)NC2=O)c2occc12. The molecule has 0 fully saturated rings. The number of nitrogens with zero attached hydrogens (tertiary/aromatic N) is 3. The minimum absolute atomic E-state index is 0.301. The lowest BCUT2D eigenvalue weighted by atomic mass is 9.95. The Morgan fingerprint density at radius 2 is 1.85 bits per heavy atom. The molecule has 166 valence electrons. The Kier molecular flexibility index (Phi) is 4.38. The van der Waals surface area contributed by atoms with Gasteiger partial charge in [-0.05, 0) is 24.6 Å². The summed E-state index contributed by atoms with van der Waals surface area (Å²) < 4.78 is 7.97. The van der Waals surface area contributed by atoms with Crippen molar-refractivity contribution in [1.82, 2.24) is 20.2 Å². The first-order valence-corrected chi connectivity index (χ1v) is 11.0. The smallest absolute Gasteiger partial charge is 0.259 e. The van der Waals surface area contributed by atoms with Gasteiger partial charge < -0.3 is 19.2 Å². The van der Waals surface area contributed by atoms with Crippen molar-refractivity contribution >= 4 is 50.7 Å². The number of imide groups is 1. The summed E-state index contributed by atoms with van der Waals surface area (Å²) in [5.41, 5.74) is 4.82. The molecule has 2 N–H and O–H groups in total. The molecule has 0 spiro atoms. The van der Waals surface area contributed by atoms with Crippen LogP contribution in [0.1, 0.15) is 16.7 Å². The van der Waals surface area contributed by atoms with Crippen molar-refractivity contribution < 1.29 is 14.0 Å². The fourth-order valence-corrected chi connectivity index (χ4v) is 5.01. The van der Waals surface area contributed by atoms with Gasteiger partial charge in [-0.15, -0.1) is 0 Å². The fourth-order valence-electron chi connectivity index (χ4n) is 5.01. The van der Waals surface area contributed by atoms with Gasteiger partial charge in [0.1, 0.15) is 11.4 Å². The molecule has 1 aromatic carbocycles. The van der Waals surface area contributed by atoms with Crippen LogP contribution in [0, 0.1) is 0 Å². The number of nitrogens with one attached hydrogen (secondary N) is 2. The summed E-state index contributed by atoms with van der Waals surface area (Å²) in [6.07, 6.45) is 6.10. The molecule has 0 saturated heterocycles. The number of para-hydroxylation sites is 1. The maximum atomic E-state index is 13.1. The van der Waals surface area contributed by atoms with E-state index in [9.17, 15) is 9.59 Å². The van der Waals surface area contributed by atoms with Crippen molar-refractivity contribution in [1.29, 1.82) is 0 Å². The molecule has 6 rings (SSSR count). The number of anilines is 1. The second-order valence-corrected chi connectivity index (χ2v) is 8.64. The van der Waals surface area contributed by atoms with Gasteiger partial charge in [0.25, 0.3) is 11.8 Å². The molecule has 33 heavy (non-hydrogen) atoms. The Labute approximate surface area is 189 Å². The van der Waals surface area contributed by atoms with Crippen molar-refractivity contribution in [3.63, 3.8) is 0 Å². The summed E-state index contributed by atoms with van der Waals surface area (Å²) in [4.78, 5) is 32.7. The standard InChI is InChI=1S/C25H23N5O3/c1-29(2)23-16-7-11-33-22(16)17(12-27-23)19-20(25(32)28-24(19)31)18-13-30-10-9-26-8-6-14-4-3-5-15(18)21(14)30/h3-5,7,11-13,26H,6,8-10H2,1-2H3,(H,28,31,32). The summed E-state index contributed by atoms with van der Waals surface area (Å²) in [5.74, 6) is -0.0968. The highest BCUT2D eigenvalue weighted by molar-refractivity contribution is 6.50. The lowest BCUT2D eigenvalue weighted by Gasteiger charge is -2.14. The Morgan fingerprint density at radius 1 is 1.03 bits per heavy atom. The molecule has 5 heterocycles. The molecular weight excluding hydrogens is 418 g/mol. The van der Waals surface area contributed by atoms with E-state index < -0.39 is 11.8 Å². The number of amides is 2. The van der Waals surface area contributed by atoms with Gasteiger partial charge in [0.05, 0.1) is 28.3 Å². The van der Waals surface area contributed by atoms with E-state index in [4.69, 9.17) is 4.42 Å². The van der Waals surface area contributed by atoms with Gasteiger partial charge >= 0.3 is 0 Å². The average Bonchev–Trinajstić information content (AvgIpc) is 3.47. The summed E-state index contributed by atoms with van der Waals surface area (Å²) in [5, 5.41) is 7.71. The first-order chi connectivity index (χ1) is 16.0. The van der Waals surface area contributed by atoms with Gasteiger partial charge in [-0.25, -0.2) is 4.98 Å². The predicted molar refractivity (Wildman–Crippen MR) is 127 cm³/mol. The Morgan fingerprint density at radius 3 is 2.67 bits per heavy atom. The van der Waals surface area contributed by atoms with Crippen LogP contribution in [0.25, 0.3) is 33.0 Å². The maximum Gasteiger partial charge on any atom is 0.259 e. The number of carbonyl (C=O) groups is 2. The van der Waals surface area contributed by atoms with E-state index >= 15 is 0 Å². The summed E-state index contributed by atoms with van der Waals surface area (Å²) >= 11 is 0. The summed E-state index contributed by atoms with van der Waals surface area (Å²) in [6.45, 7) is 2.54. The second kappa shape index (κ2) is 7.31. The Hall–Kier alpha value is -3.91. The normalized spacial score (nSPS) is 16.4. The molecule has 8 nitrogen and oxygen atoms in total. The van der Waals surface area contributed by atoms with Gasteiger partial charge in [0.15, 0.2) is 0 Å². The number of benzene rings is 1. The van der Waals surface area contributed by atoms with Crippen LogP contribution in [0.15, 0.2) is 47.3 Å². The third-order valence-corrected chi connectivity index (χ3v) is 6.44. The van der Waals surface area contributed by atoms with Crippen molar-refractivity contribution in [3.8, 4) is 0 Å². The highest BCUT2D eigenvalue weighted by Gasteiger charge is 2.36. The molecule has 8 heteroatoms. The van der Waals surface area contributed by atoms with E-state index in [-0.39, 0.29) is 0 Å². The van der Waals surface area contributed by atoms with Crippen molar-refractivity contribution in [2.75, 3.05) is 32.1 Å². The minimum Gasteiger partial charge on any atom is -0.463 e. The molecule has 2 aliphatic rings. The van der Waals surface area contributed by atoms with E-state index in [0.29, 0.717) is 22.3 Å². The topological polar surface area (TPSA) is 92.4 Å². The third-order valence-electron chi connectivity index (χ3n) is 6.44. The summed E-state index contributed by atoms with van der Waals surface area (Å²) in [7, 11) is 3.80. The van der Waals surface area contributed by atoms with Gasteiger partial charge in [-0.2, -0.15) is 0 Å². The van der Waals surface area contributed by atoms with Crippen LogP contribution in [-0.4, -0.2) is 48.6 Å². The van der Waals surface area contributed by atoms with E-state index in [1.54, 1.807) is 12.5 Å². The molecule has 0 radical (unpaired) electrons. The molecule has 4 aromatic rings. The van der Waals surface area contributed by atoms with Crippen LogP contribution in [0.3, 0.4) is 0 Å². The van der Waals surface area contributed by atoms with Crippen molar-refractivity contribution in [2.45, 2.75) is 13.0 Å². The Balaban J connectivity index is 1.65. The Bertz CT molecular complexity index is 1490. The van der Waals surface area contributed by atoms with Crippen LogP contribution in [0.4, 0.5) is 5.82 Å². The predicted octanol–water partition coefficient (Wildman–Crippen LogP) is 2.56. The summed E-state index contributed by atoms with van der Waals surface area (Å²) in [6, 6.07) is 7.99. The minimum atomic E-state index is -0.435. The van der Waals surface area contributed by atoms with Gasteiger partial charge in [-0.3, -0.25) is 14.9 Å². The molecule has 0 bridgehead atoms. The van der Waals surface area contributed by atoms with E-state index in [2.05, 4.69) is 26.3 Å². The van der Waals surface area contributed by atoms with Gasteiger partial charge in [-0.1, -0.05) is 18.2 Å². The lowest BCUT2D eigenvalue weighted by Crippen LogP contribution is -2.24. The third kappa shape index (κ3) is 2.91. The monoisotopic (exact) mass is 441 g/mol. The maximum absolute atomic E-state index is 13.1. The van der Waals surface area contributed by atoms with Gasteiger partial charge in [0, 0.05) is 56.1 Å². The first-order valence-electron chi connectivity index (χ1n) is 11.0. The largest absolute Gasteiger partial charge is 0.463 e. The molecule has 0 unspecified atom stereocenters. The highest BCUT2D eigenvalue weighted by atomic mass is 16.3. The highest BCUT2D eigenvalue weighted by Crippen LogP contribution is 2.40. The number of pyridine rings is 1. The number of aromatic nitrogens is 2. The number of fused-ring (bicyclic) bond motifs is 1. The second-order valence-electron chi connectivity index (χ2n) is 8.64. The van der Waals surface area contributed by atoms with E-state index in [1.807, 2.05) is 43.4 Å².